The molecule has 0 unspecified atom stereocenters. The number of aromatic nitrogens is 2. The molecule has 0 aliphatic rings. The van der Waals surface area contributed by atoms with Crippen molar-refractivity contribution in [2.24, 2.45) is 7.05 Å². The largest absolute Gasteiger partial charge is 0.464 e. The van der Waals surface area contributed by atoms with Crippen molar-refractivity contribution < 1.29 is 9.53 Å². The van der Waals surface area contributed by atoms with Gasteiger partial charge in [-0.1, -0.05) is 0 Å². The summed E-state index contributed by atoms with van der Waals surface area (Å²) in [5.74, 6) is 0.0233. The second-order valence-corrected chi connectivity index (χ2v) is 2.47. The van der Waals surface area contributed by atoms with E-state index in [9.17, 15) is 4.79 Å². The molecule has 0 aromatic carbocycles. The molecule has 5 heteroatoms. The minimum Gasteiger partial charge on any atom is -0.464 e. The molecule has 0 bridgehead atoms. The standard InChI is InChI=1S/C7H11N3O2/c1-4-5(7(11)12-3)9-10(2)6(4)8/h8H2,1-3H3. The molecule has 1 aromatic rings. The Morgan fingerprint density at radius 2 is 2.25 bits per heavy atom. The van der Waals surface area contributed by atoms with Gasteiger partial charge in [0.2, 0.25) is 0 Å². The minimum absolute atomic E-state index is 0.275. The molecule has 0 fully saturated rings. The van der Waals surface area contributed by atoms with Gasteiger partial charge in [0, 0.05) is 12.6 Å². The molecule has 1 aromatic heterocycles. The predicted molar refractivity (Wildman–Crippen MR) is 43.7 cm³/mol. The normalized spacial score (nSPS) is 9.92. The summed E-state index contributed by atoms with van der Waals surface area (Å²) in [5, 5.41) is 3.90. The first-order chi connectivity index (χ1) is 5.57. The Hall–Kier alpha value is -1.52. The van der Waals surface area contributed by atoms with E-state index in [1.807, 2.05) is 0 Å². The van der Waals surface area contributed by atoms with E-state index in [0.29, 0.717) is 11.4 Å². The number of carbonyl (C=O) groups excluding carboxylic acids is 1. The number of aryl methyl sites for hydroxylation is 1. The Labute approximate surface area is 70.1 Å². The smallest absolute Gasteiger partial charge is 0.358 e. The number of rotatable bonds is 1. The number of carbonyl (C=O) groups is 1. The Kier molecular flexibility index (Phi) is 2.03. The molecule has 0 radical (unpaired) electrons. The number of nitrogens with zero attached hydrogens (tertiary/aromatic N) is 2. The summed E-state index contributed by atoms with van der Waals surface area (Å²) in [7, 11) is 2.99. The van der Waals surface area contributed by atoms with Crippen molar-refractivity contribution in [2.45, 2.75) is 6.92 Å². The zero-order valence-electron chi connectivity index (χ0n) is 7.29. The van der Waals surface area contributed by atoms with Gasteiger partial charge < -0.3 is 10.5 Å². The molecule has 5 nitrogen and oxygen atoms in total. The number of hydrogen-bond acceptors (Lipinski definition) is 4. The van der Waals surface area contributed by atoms with E-state index in [0.717, 1.165) is 0 Å². The summed E-state index contributed by atoms with van der Waals surface area (Å²) in [6.07, 6.45) is 0. The Balaban J connectivity index is 3.17. The van der Waals surface area contributed by atoms with Crippen LogP contribution in [0.4, 0.5) is 5.82 Å². The third-order valence-electron chi connectivity index (χ3n) is 1.72. The molecule has 2 N–H and O–H groups in total. The van der Waals surface area contributed by atoms with Crippen LogP contribution in [-0.4, -0.2) is 22.9 Å². The third-order valence-corrected chi connectivity index (χ3v) is 1.72. The van der Waals surface area contributed by atoms with Gasteiger partial charge in [-0.05, 0) is 6.92 Å². The molecule has 1 rings (SSSR count). The molecular weight excluding hydrogens is 158 g/mol. The summed E-state index contributed by atoms with van der Waals surface area (Å²) in [6, 6.07) is 0. The van der Waals surface area contributed by atoms with Gasteiger partial charge in [0.25, 0.3) is 0 Å². The van der Waals surface area contributed by atoms with Crippen LogP contribution in [0.2, 0.25) is 0 Å². The second-order valence-electron chi connectivity index (χ2n) is 2.47. The second kappa shape index (κ2) is 2.84. The lowest BCUT2D eigenvalue weighted by Gasteiger charge is -1.93. The molecule has 0 amide bonds. The van der Waals surface area contributed by atoms with E-state index in [1.165, 1.54) is 11.8 Å². The fourth-order valence-electron chi connectivity index (χ4n) is 0.933. The number of nitrogens with two attached hydrogens (primary N) is 1. The zero-order valence-corrected chi connectivity index (χ0v) is 7.29. The van der Waals surface area contributed by atoms with Gasteiger partial charge in [0.1, 0.15) is 5.82 Å². The van der Waals surface area contributed by atoms with Crippen LogP contribution in [-0.2, 0) is 11.8 Å². The first kappa shape index (κ1) is 8.58. The summed E-state index contributed by atoms with van der Waals surface area (Å²) in [6.45, 7) is 1.73. The maximum absolute atomic E-state index is 11.0. The fourth-order valence-corrected chi connectivity index (χ4v) is 0.933. The number of methoxy groups -OCH3 is 1. The van der Waals surface area contributed by atoms with Gasteiger partial charge in [-0.2, -0.15) is 5.10 Å². The van der Waals surface area contributed by atoms with Gasteiger partial charge in [0.05, 0.1) is 7.11 Å². The highest BCUT2D eigenvalue weighted by Crippen LogP contribution is 2.14. The lowest BCUT2D eigenvalue weighted by molar-refractivity contribution is 0.0592. The zero-order chi connectivity index (χ0) is 9.30. The quantitative estimate of drug-likeness (QED) is 0.605. The average molecular weight is 169 g/mol. The highest BCUT2D eigenvalue weighted by Gasteiger charge is 2.16. The highest BCUT2D eigenvalue weighted by molar-refractivity contribution is 5.90. The predicted octanol–water partition coefficient (Wildman–Crippen LogP) is 0.0973. The molecular formula is C7H11N3O2. The van der Waals surface area contributed by atoms with Crippen molar-refractivity contribution in [3.63, 3.8) is 0 Å². The van der Waals surface area contributed by atoms with Crippen LogP contribution in [0.3, 0.4) is 0 Å². The molecule has 0 aliphatic heterocycles. The Morgan fingerprint density at radius 3 is 2.58 bits per heavy atom. The van der Waals surface area contributed by atoms with E-state index in [2.05, 4.69) is 9.84 Å². The lowest BCUT2D eigenvalue weighted by atomic mass is 10.2. The van der Waals surface area contributed by atoms with Crippen molar-refractivity contribution >= 4 is 11.8 Å². The number of esters is 1. The number of ether oxygens (including phenoxy) is 1. The monoisotopic (exact) mass is 169 g/mol. The van der Waals surface area contributed by atoms with Crippen LogP contribution in [0.1, 0.15) is 16.1 Å². The van der Waals surface area contributed by atoms with Crippen LogP contribution in [0, 0.1) is 6.92 Å². The maximum Gasteiger partial charge on any atom is 0.358 e. The van der Waals surface area contributed by atoms with E-state index in [1.54, 1.807) is 14.0 Å². The van der Waals surface area contributed by atoms with E-state index in [-0.39, 0.29) is 5.69 Å². The topological polar surface area (TPSA) is 70.1 Å². The molecule has 1 heterocycles. The van der Waals surface area contributed by atoms with Gasteiger partial charge in [-0.15, -0.1) is 0 Å². The SMILES string of the molecule is COC(=O)c1nn(C)c(N)c1C. The lowest BCUT2D eigenvalue weighted by Crippen LogP contribution is -2.04. The molecule has 0 aliphatic carbocycles. The molecule has 66 valence electrons. The number of anilines is 1. The molecule has 12 heavy (non-hydrogen) atoms. The summed E-state index contributed by atoms with van der Waals surface area (Å²) < 4.78 is 5.96. The number of nitrogen functional groups attached to an aromatic ring is 1. The van der Waals surface area contributed by atoms with Crippen LogP contribution < -0.4 is 5.73 Å². The summed E-state index contributed by atoms with van der Waals surface area (Å²) >= 11 is 0. The van der Waals surface area contributed by atoms with Crippen molar-refractivity contribution in [1.29, 1.82) is 0 Å². The van der Waals surface area contributed by atoms with Crippen molar-refractivity contribution in [3.05, 3.63) is 11.3 Å². The Bertz CT molecular complexity index is 317. The molecule has 0 spiro atoms. The minimum atomic E-state index is -0.459. The maximum atomic E-state index is 11.0. The number of hydrogen-bond donors (Lipinski definition) is 1. The highest BCUT2D eigenvalue weighted by atomic mass is 16.5. The first-order valence-corrected chi connectivity index (χ1v) is 3.45. The van der Waals surface area contributed by atoms with Crippen molar-refractivity contribution in [1.82, 2.24) is 9.78 Å². The average Bonchev–Trinajstić information content (AvgIpc) is 2.32. The van der Waals surface area contributed by atoms with Crippen LogP contribution in [0.25, 0.3) is 0 Å². The molecule has 0 saturated carbocycles. The van der Waals surface area contributed by atoms with Crippen LogP contribution >= 0.6 is 0 Å². The summed E-state index contributed by atoms with van der Waals surface area (Å²) in [4.78, 5) is 11.0. The van der Waals surface area contributed by atoms with E-state index >= 15 is 0 Å². The molecule has 0 atom stereocenters. The third kappa shape index (κ3) is 1.13. The van der Waals surface area contributed by atoms with Gasteiger partial charge in [-0.25, -0.2) is 4.79 Å². The Morgan fingerprint density at radius 1 is 1.67 bits per heavy atom. The fraction of sp³-hybridized carbons (Fsp3) is 0.429. The van der Waals surface area contributed by atoms with Gasteiger partial charge in [0.15, 0.2) is 5.69 Å². The van der Waals surface area contributed by atoms with Crippen LogP contribution in [0.5, 0.6) is 0 Å². The van der Waals surface area contributed by atoms with E-state index < -0.39 is 5.97 Å². The summed E-state index contributed by atoms with van der Waals surface area (Å²) in [5.41, 5.74) is 6.52. The van der Waals surface area contributed by atoms with Crippen molar-refractivity contribution in [2.75, 3.05) is 12.8 Å². The van der Waals surface area contributed by atoms with Crippen LogP contribution in [0.15, 0.2) is 0 Å². The van der Waals surface area contributed by atoms with Gasteiger partial charge >= 0.3 is 5.97 Å². The van der Waals surface area contributed by atoms with Gasteiger partial charge in [-0.3, -0.25) is 4.68 Å². The molecule has 0 saturated heterocycles. The van der Waals surface area contributed by atoms with Crippen molar-refractivity contribution in [3.8, 4) is 0 Å². The van der Waals surface area contributed by atoms with E-state index in [4.69, 9.17) is 5.73 Å². The first-order valence-electron chi connectivity index (χ1n) is 3.45.